The van der Waals surface area contributed by atoms with E-state index >= 15 is 0 Å². The molecular formula is C9H11N3S2. The van der Waals surface area contributed by atoms with Gasteiger partial charge in [-0.05, 0) is 0 Å². The second kappa shape index (κ2) is 3.47. The van der Waals surface area contributed by atoms with Gasteiger partial charge in [-0.3, -0.25) is 0 Å². The Morgan fingerprint density at radius 2 is 2.14 bits per heavy atom. The summed E-state index contributed by atoms with van der Waals surface area (Å²) in [6, 6.07) is 0. The molecule has 74 valence electrons. The van der Waals surface area contributed by atoms with Crippen molar-refractivity contribution in [3.05, 3.63) is 17.5 Å². The van der Waals surface area contributed by atoms with Crippen LogP contribution in [0.2, 0.25) is 0 Å². The molecule has 0 aromatic carbocycles. The molecule has 14 heavy (non-hydrogen) atoms. The van der Waals surface area contributed by atoms with Crippen LogP contribution in [0.1, 0.15) is 19.5 Å². The Morgan fingerprint density at radius 3 is 2.86 bits per heavy atom. The molecule has 0 spiro atoms. The summed E-state index contributed by atoms with van der Waals surface area (Å²) in [7, 11) is 0. The van der Waals surface area contributed by atoms with Crippen LogP contribution in [0.3, 0.4) is 0 Å². The lowest BCUT2D eigenvalue weighted by molar-refractivity contribution is 0.586. The van der Waals surface area contributed by atoms with Crippen LogP contribution in [0.15, 0.2) is 11.8 Å². The molecule has 0 radical (unpaired) electrons. The van der Waals surface area contributed by atoms with Crippen LogP contribution in [0.25, 0.3) is 10.3 Å². The fourth-order valence-corrected chi connectivity index (χ4v) is 2.04. The van der Waals surface area contributed by atoms with Crippen LogP contribution in [0.4, 0.5) is 0 Å². The third-order valence-electron chi connectivity index (χ3n) is 2.17. The van der Waals surface area contributed by atoms with Gasteiger partial charge in [-0.1, -0.05) is 13.8 Å². The molecule has 0 saturated heterocycles. The van der Waals surface area contributed by atoms with E-state index in [0.717, 1.165) is 21.8 Å². The van der Waals surface area contributed by atoms with Gasteiger partial charge in [0.1, 0.15) is 16.7 Å². The van der Waals surface area contributed by atoms with Crippen molar-refractivity contribution < 1.29 is 0 Å². The molecule has 0 N–H and O–H groups in total. The number of nitrogens with zero attached hydrogens (tertiary/aromatic N) is 3. The lowest BCUT2D eigenvalue weighted by Gasteiger charge is -2.20. The molecule has 0 fully saturated rings. The molecule has 0 bridgehead atoms. The summed E-state index contributed by atoms with van der Waals surface area (Å²) in [5.74, 6) is 0.747. The first-order valence-electron chi connectivity index (χ1n) is 4.31. The average molecular weight is 225 g/mol. The largest absolute Gasteiger partial charge is 0.241 e. The highest BCUT2D eigenvalue weighted by molar-refractivity contribution is 7.80. The van der Waals surface area contributed by atoms with Gasteiger partial charge in [-0.25, -0.2) is 15.0 Å². The highest BCUT2D eigenvalue weighted by Crippen LogP contribution is 2.28. The molecule has 0 atom stereocenters. The summed E-state index contributed by atoms with van der Waals surface area (Å²) < 4.78 is 0. The van der Waals surface area contributed by atoms with Crippen molar-refractivity contribution in [2.24, 2.45) is 0 Å². The van der Waals surface area contributed by atoms with Gasteiger partial charge in [0.2, 0.25) is 0 Å². The predicted octanol–water partition coefficient (Wildman–Crippen LogP) is 2.29. The molecule has 0 saturated carbocycles. The van der Waals surface area contributed by atoms with E-state index in [4.69, 9.17) is 0 Å². The van der Waals surface area contributed by atoms with Gasteiger partial charge in [0.05, 0.1) is 11.2 Å². The highest BCUT2D eigenvalue weighted by Gasteiger charge is 2.24. The second-order valence-corrected chi connectivity index (χ2v) is 4.92. The number of hydrogen-bond acceptors (Lipinski definition) is 5. The van der Waals surface area contributed by atoms with Crippen LogP contribution in [0.5, 0.6) is 0 Å². The van der Waals surface area contributed by atoms with Crippen molar-refractivity contribution >= 4 is 34.3 Å². The molecule has 0 amide bonds. The van der Waals surface area contributed by atoms with Gasteiger partial charge < -0.3 is 0 Å². The number of thiol groups is 1. The van der Waals surface area contributed by atoms with Crippen LogP contribution < -0.4 is 0 Å². The first-order valence-corrected chi connectivity index (χ1v) is 5.82. The van der Waals surface area contributed by atoms with Crippen molar-refractivity contribution in [3.63, 3.8) is 0 Å². The lowest BCUT2D eigenvalue weighted by atomic mass is 9.91. The van der Waals surface area contributed by atoms with Crippen molar-refractivity contribution in [2.45, 2.75) is 19.3 Å². The minimum Gasteiger partial charge on any atom is -0.241 e. The van der Waals surface area contributed by atoms with Gasteiger partial charge >= 0.3 is 0 Å². The molecule has 0 aliphatic rings. The van der Waals surface area contributed by atoms with Gasteiger partial charge in [0, 0.05) is 11.2 Å². The standard InChI is InChI=1S/C9H11N3S2/c1-9(2,3-13)7-6-8(11-4-10-7)14-5-12-6/h4-5,13H,3H2,1-2H3. The average Bonchev–Trinajstić information content (AvgIpc) is 2.64. The molecule has 2 rings (SSSR count). The van der Waals surface area contributed by atoms with E-state index in [0.29, 0.717) is 0 Å². The Hall–Kier alpha value is -0.680. The molecule has 0 aliphatic heterocycles. The molecule has 3 nitrogen and oxygen atoms in total. The van der Waals surface area contributed by atoms with E-state index < -0.39 is 0 Å². The minimum atomic E-state index is -0.0572. The third kappa shape index (κ3) is 1.50. The molecule has 2 aromatic rings. The van der Waals surface area contributed by atoms with E-state index in [1.807, 2.05) is 0 Å². The maximum Gasteiger partial charge on any atom is 0.146 e. The molecule has 0 unspecified atom stereocenters. The Bertz CT molecular complexity index is 450. The van der Waals surface area contributed by atoms with Crippen LogP contribution in [0, 0.1) is 0 Å². The van der Waals surface area contributed by atoms with Crippen molar-refractivity contribution in [2.75, 3.05) is 5.75 Å². The Kier molecular flexibility index (Phi) is 2.45. The highest BCUT2D eigenvalue weighted by atomic mass is 32.1. The third-order valence-corrected chi connectivity index (χ3v) is 3.69. The van der Waals surface area contributed by atoms with Crippen molar-refractivity contribution in [1.82, 2.24) is 15.0 Å². The van der Waals surface area contributed by atoms with Gasteiger partial charge in [0.25, 0.3) is 0 Å². The Morgan fingerprint density at radius 1 is 1.36 bits per heavy atom. The monoisotopic (exact) mass is 225 g/mol. The maximum atomic E-state index is 4.33. The van der Waals surface area contributed by atoms with Crippen molar-refractivity contribution in [1.29, 1.82) is 0 Å². The normalized spacial score (nSPS) is 12.2. The van der Waals surface area contributed by atoms with Crippen LogP contribution in [-0.2, 0) is 5.41 Å². The summed E-state index contributed by atoms with van der Waals surface area (Å²) >= 11 is 5.88. The summed E-state index contributed by atoms with van der Waals surface area (Å²) in [6.45, 7) is 4.22. The molecule has 5 heteroatoms. The number of aromatic nitrogens is 3. The van der Waals surface area contributed by atoms with Crippen molar-refractivity contribution in [3.8, 4) is 0 Å². The molecule has 2 heterocycles. The van der Waals surface area contributed by atoms with Crippen LogP contribution in [-0.4, -0.2) is 20.7 Å². The molecule has 0 aliphatic carbocycles. The lowest BCUT2D eigenvalue weighted by Crippen LogP contribution is -2.21. The first-order chi connectivity index (χ1) is 6.65. The summed E-state index contributed by atoms with van der Waals surface area (Å²) in [5.41, 5.74) is 3.64. The number of fused-ring (bicyclic) bond motifs is 1. The predicted molar refractivity (Wildman–Crippen MR) is 62.1 cm³/mol. The van der Waals surface area contributed by atoms with Crippen LogP contribution >= 0.6 is 24.0 Å². The Balaban J connectivity index is 2.67. The number of rotatable bonds is 2. The second-order valence-electron chi connectivity index (χ2n) is 3.77. The van der Waals surface area contributed by atoms with Gasteiger partial charge in [-0.2, -0.15) is 12.6 Å². The topological polar surface area (TPSA) is 38.7 Å². The van der Waals surface area contributed by atoms with Gasteiger partial charge in [-0.15, -0.1) is 11.3 Å². The smallest absolute Gasteiger partial charge is 0.146 e. The first kappa shape index (κ1) is 9.86. The van der Waals surface area contributed by atoms with E-state index in [2.05, 4.69) is 41.4 Å². The molecule has 2 aromatic heterocycles. The maximum absolute atomic E-state index is 4.33. The number of hydrogen-bond donors (Lipinski definition) is 1. The zero-order valence-corrected chi connectivity index (χ0v) is 9.77. The Labute approximate surface area is 92.0 Å². The molecular weight excluding hydrogens is 214 g/mol. The fourth-order valence-electron chi connectivity index (χ4n) is 1.26. The van der Waals surface area contributed by atoms with Gasteiger partial charge in [0.15, 0.2) is 0 Å². The SMILES string of the molecule is CC(C)(CS)c1ncnc2scnc12. The summed E-state index contributed by atoms with van der Waals surface area (Å²) in [6.07, 6.45) is 1.60. The van der Waals surface area contributed by atoms with E-state index in [9.17, 15) is 0 Å². The zero-order valence-electron chi connectivity index (χ0n) is 8.06. The number of thiazole rings is 1. The quantitative estimate of drug-likeness (QED) is 0.797. The van der Waals surface area contributed by atoms with E-state index in [1.165, 1.54) is 0 Å². The summed E-state index contributed by atoms with van der Waals surface area (Å²) in [5, 5.41) is 0. The fraction of sp³-hybridized carbons (Fsp3) is 0.444. The zero-order chi connectivity index (χ0) is 10.2. The van der Waals surface area contributed by atoms with E-state index in [1.54, 1.807) is 23.2 Å². The van der Waals surface area contributed by atoms with E-state index in [-0.39, 0.29) is 5.41 Å². The summed E-state index contributed by atoms with van der Waals surface area (Å²) in [4.78, 5) is 13.7. The minimum absolute atomic E-state index is 0.0572.